The van der Waals surface area contributed by atoms with E-state index in [9.17, 15) is 8.42 Å². The quantitative estimate of drug-likeness (QED) is 0.815. The molecule has 116 valence electrons. The Kier molecular flexibility index (Phi) is 4.96. The highest BCUT2D eigenvalue weighted by molar-refractivity contribution is 7.89. The lowest BCUT2D eigenvalue weighted by Gasteiger charge is -2.18. The monoisotopic (exact) mass is 319 g/mol. The third-order valence-corrected chi connectivity index (χ3v) is 5.13. The zero-order chi connectivity index (χ0) is 16.2. The number of fused-ring (bicyclic) bond motifs is 1. The minimum Gasteiger partial charge on any atom is -0.492 e. The molecule has 1 heterocycles. The summed E-state index contributed by atoms with van der Waals surface area (Å²) in [5.41, 5.74) is 0.513. The van der Waals surface area contributed by atoms with Crippen molar-refractivity contribution >= 4 is 20.9 Å². The molecule has 0 unspecified atom stereocenters. The van der Waals surface area contributed by atoms with E-state index < -0.39 is 10.0 Å². The van der Waals surface area contributed by atoms with Gasteiger partial charge in [-0.2, -0.15) is 9.57 Å². The van der Waals surface area contributed by atoms with Gasteiger partial charge in [0.15, 0.2) is 0 Å². The number of rotatable bonds is 6. The molecule has 0 saturated heterocycles. The lowest BCUT2D eigenvalue weighted by molar-refractivity contribution is 0.343. The van der Waals surface area contributed by atoms with Crippen LogP contribution < -0.4 is 4.74 Å². The molecule has 1 aromatic heterocycles. The van der Waals surface area contributed by atoms with Gasteiger partial charge in [-0.1, -0.05) is 0 Å². The first-order valence-corrected chi connectivity index (χ1v) is 8.30. The molecule has 7 heteroatoms. The molecule has 0 amide bonds. The Morgan fingerprint density at radius 2 is 2.14 bits per heavy atom. The molecule has 0 spiro atoms. The summed E-state index contributed by atoms with van der Waals surface area (Å²) < 4.78 is 32.0. The summed E-state index contributed by atoms with van der Waals surface area (Å²) in [4.78, 5) is 4.40. The van der Waals surface area contributed by atoms with Crippen molar-refractivity contribution < 1.29 is 13.2 Å². The van der Waals surface area contributed by atoms with E-state index in [0.717, 1.165) is 0 Å². The van der Waals surface area contributed by atoms with Gasteiger partial charge in [0.2, 0.25) is 10.0 Å². The molecule has 0 aliphatic rings. The first-order valence-electron chi connectivity index (χ1n) is 6.86. The lowest BCUT2D eigenvalue weighted by Crippen LogP contribution is -2.28. The molecule has 22 heavy (non-hydrogen) atoms. The third kappa shape index (κ3) is 3.03. The van der Waals surface area contributed by atoms with Crippen LogP contribution >= 0.6 is 0 Å². The third-order valence-electron chi connectivity index (χ3n) is 3.22. The van der Waals surface area contributed by atoms with Gasteiger partial charge in [0.05, 0.1) is 17.6 Å². The molecule has 2 rings (SSSR count). The second-order valence-corrected chi connectivity index (χ2v) is 6.64. The fourth-order valence-corrected chi connectivity index (χ4v) is 3.46. The Morgan fingerprint density at radius 1 is 1.36 bits per heavy atom. The highest BCUT2D eigenvalue weighted by Gasteiger charge is 2.24. The molecule has 2 aromatic rings. The van der Waals surface area contributed by atoms with Crippen LogP contribution in [0.15, 0.2) is 35.4 Å². The maximum absolute atomic E-state index is 12.7. The van der Waals surface area contributed by atoms with Crippen LogP contribution in [0.4, 0.5) is 0 Å². The number of sulfonamides is 1. The molecule has 0 bridgehead atoms. The van der Waals surface area contributed by atoms with Crippen LogP contribution in [0.3, 0.4) is 0 Å². The van der Waals surface area contributed by atoms with E-state index in [1.807, 2.05) is 13.0 Å². The highest BCUT2D eigenvalue weighted by atomic mass is 32.2. The molecule has 0 aliphatic carbocycles. The van der Waals surface area contributed by atoms with Crippen LogP contribution in [-0.4, -0.2) is 37.9 Å². The number of pyridine rings is 1. The van der Waals surface area contributed by atoms with E-state index >= 15 is 0 Å². The molecule has 6 nitrogen and oxygen atoms in total. The number of ether oxygens (including phenoxy) is 1. The Labute approximate surface area is 130 Å². The maximum atomic E-state index is 12.7. The summed E-state index contributed by atoms with van der Waals surface area (Å²) in [6, 6.07) is 8.47. The Hall–Kier alpha value is -2.17. The second-order valence-electron chi connectivity index (χ2n) is 4.63. The summed E-state index contributed by atoms with van der Waals surface area (Å²) in [5.74, 6) is 0.553. The van der Waals surface area contributed by atoms with Gasteiger partial charge in [0.1, 0.15) is 11.3 Å². The van der Waals surface area contributed by atoms with Gasteiger partial charge in [0.25, 0.3) is 0 Å². The van der Waals surface area contributed by atoms with Gasteiger partial charge in [-0.25, -0.2) is 8.42 Å². The zero-order valence-corrected chi connectivity index (χ0v) is 13.3. The van der Waals surface area contributed by atoms with E-state index in [0.29, 0.717) is 23.3 Å². The first kappa shape index (κ1) is 16.2. The van der Waals surface area contributed by atoms with Gasteiger partial charge in [-0.15, -0.1) is 0 Å². The van der Waals surface area contributed by atoms with Crippen LogP contribution in [0, 0.1) is 11.3 Å². The van der Waals surface area contributed by atoms with Gasteiger partial charge < -0.3 is 4.74 Å². The number of nitriles is 1. The number of aromatic nitrogens is 1. The Balaban J connectivity index is 2.57. The summed E-state index contributed by atoms with van der Waals surface area (Å²) >= 11 is 0. The van der Waals surface area contributed by atoms with Gasteiger partial charge in [-0.3, -0.25) is 4.98 Å². The average Bonchev–Trinajstić information content (AvgIpc) is 2.52. The summed E-state index contributed by atoms with van der Waals surface area (Å²) in [6.45, 7) is 2.47. The predicted octanol–water partition coefficient (Wildman–Crippen LogP) is 2.17. The number of nitrogens with zero attached hydrogens (tertiary/aromatic N) is 3. The molecular weight excluding hydrogens is 302 g/mol. The predicted molar refractivity (Wildman–Crippen MR) is 83.0 cm³/mol. The van der Waals surface area contributed by atoms with E-state index in [1.54, 1.807) is 24.4 Å². The van der Waals surface area contributed by atoms with E-state index in [1.165, 1.54) is 17.4 Å². The van der Waals surface area contributed by atoms with E-state index in [4.69, 9.17) is 10.00 Å². The highest BCUT2D eigenvalue weighted by Crippen LogP contribution is 2.30. The topological polar surface area (TPSA) is 83.3 Å². The fourth-order valence-electron chi connectivity index (χ4n) is 2.11. The molecule has 0 atom stereocenters. The Morgan fingerprint density at radius 3 is 2.82 bits per heavy atom. The summed E-state index contributed by atoms with van der Waals surface area (Å²) in [7, 11) is -2.22. The van der Waals surface area contributed by atoms with Crippen LogP contribution in [-0.2, 0) is 10.0 Å². The number of hydrogen-bond acceptors (Lipinski definition) is 5. The van der Waals surface area contributed by atoms with Crippen molar-refractivity contribution in [2.75, 3.05) is 20.2 Å². The van der Waals surface area contributed by atoms with Crippen molar-refractivity contribution in [1.82, 2.24) is 9.29 Å². The molecule has 0 fully saturated rings. The first-order chi connectivity index (χ1) is 10.5. The standard InChI is InChI=1S/C15H17N3O3S/c1-3-21-13-7-8-14(12-6-4-10-17-15(12)13)22(19,20)18(2)11-5-9-16/h4,6-8,10H,3,5,11H2,1-2H3. The van der Waals surface area contributed by atoms with E-state index in [2.05, 4.69) is 4.98 Å². The van der Waals surface area contributed by atoms with Gasteiger partial charge >= 0.3 is 0 Å². The average molecular weight is 319 g/mol. The van der Waals surface area contributed by atoms with Crippen molar-refractivity contribution in [3.8, 4) is 11.8 Å². The van der Waals surface area contributed by atoms with Crippen molar-refractivity contribution in [3.63, 3.8) is 0 Å². The summed E-state index contributed by atoms with van der Waals surface area (Å²) in [6.07, 6.45) is 1.74. The SMILES string of the molecule is CCOc1ccc(S(=O)(=O)N(C)CCC#N)c2cccnc12. The number of benzene rings is 1. The summed E-state index contributed by atoms with van der Waals surface area (Å²) in [5, 5.41) is 9.13. The molecular formula is C15H17N3O3S. The van der Waals surface area contributed by atoms with Crippen LogP contribution in [0.5, 0.6) is 5.75 Å². The Bertz CT molecular complexity index is 812. The lowest BCUT2D eigenvalue weighted by atomic mass is 10.2. The minimum absolute atomic E-state index is 0.142. The molecule has 0 saturated carbocycles. The van der Waals surface area contributed by atoms with Crippen LogP contribution in [0.2, 0.25) is 0 Å². The van der Waals surface area contributed by atoms with Crippen LogP contribution in [0.1, 0.15) is 13.3 Å². The van der Waals surface area contributed by atoms with Gasteiger partial charge in [-0.05, 0) is 31.2 Å². The normalized spacial score (nSPS) is 11.5. The van der Waals surface area contributed by atoms with Crippen molar-refractivity contribution in [2.45, 2.75) is 18.2 Å². The van der Waals surface area contributed by atoms with Crippen molar-refractivity contribution in [3.05, 3.63) is 30.5 Å². The molecule has 0 radical (unpaired) electrons. The maximum Gasteiger partial charge on any atom is 0.243 e. The van der Waals surface area contributed by atoms with Gasteiger partial charge in [0, 0.05) is 31.6 Å². The molecule has 0 aliphatic heterocycles. The molecule has 0 N–H and O–H groups in total. The smallest absolute Gasteiger partial charge is 0.243 e. The number of hydrogen-bond donors (Lipinski definition) is 0. The van der Waals surface area contributed by atoms with E-state index in [-0.39, 0.29) is 17.9 Å². The largest absolute Gasteiger partial charge is 0.492 e. The van der Waals surface area contributed by atoms with Crippen molar-refractivity contribution in [2.24, 2.45) is 0 Å². The molecule has 1 aromatic carbocycles. The zero-order valence-electron chi connectivity index (χ0n) is 12.5. The van der Waals surface area contributed by atoms with Crippen LogP contribution in [0.25, 0.3) is 10.9 Å². The fraction of sp³-hybridized carbons (Fsp3) is 0.333. The van der Waals surface area contributed by atoms with Crippen molar-refractivity contribution in [1.29, 1.82) is 5.26 Å². The second kappa shape index (κ2) is 6.73. The minimum atomic E-state index is -3.68.